The van der Waals surface area contributed by atoms with E-state index >= 15 is 0 Å². The summed E-state index contributed by atoms with van der Waals surface area (Å²) in [5.41, 5.74) is 7.99. The molecule has 0 saturated heterocycles. The van der Waals surface area contributed by atoms with Crippen molar-refractivity contribution in [1.29, 1.82) is 0 Å². The summed E-state index contributed by atoms with van der Waals surface area (Å²) in [5.74, 6) is 0. The Morgan fingerprint density at radius 1 is 1.62 bits per heavy atom. The molecule has 0 saturated carbocycles. The summed E-state index contributed by atoms with van der Waals surface area (Å²) in [7, 11) is 2.06. The van der Waals surface area contributed by atoms with Gasteiger partial charge in [-0.3, -0.25) is 4.98 Å². The van der Waals surface area contributed by atoms with Crippen molar-refractivity contribution >= 4 is 5.69 Å². The summed E-state index contributed by atoms with van der Waals surface area (Å²) in [4.78, 5) is 6.23. The van der Waals surface area contributed by atoms with Gasteiger partial charge in [0.25, 0.3) is 0 Å². The van der Waals surface area contributed by atoms with Gasteiger partial charge in [-0.05, 0) is 25.5 Å². The fourth-order valence-corrected chi connectivity index (χ4v) is 1.26. The van der Waals surface area contributed by atoms with E-state index in [2.05, 4.69) is 30.8 Å². The summed E-state index contributed by atoms with van der Waals surface area (Å²) in [6.07, 6.45) is 3.68. The maximum Gasteiger partial charge on any atom is 0.0427 e. The topological polar surface area (TPSA) is 42.2 Å². The molecule has 3 heteroatoms. The smallest absolute Gasteiger partial charge is 0.0427 e. The van der Waals surface area contributed by atoms with Crippen molar-refractivity contribution in [3.63, 3.8) is 0 Å². The van der Waals surface area contributed by atoms with Crippen LogP contribution in [0.15, 0.2) is 18.5 Å². The van der Waals surface area contributed by atoms with Crippen molar-refractivity contribution in [3.8, 4) is 0 Å². The van der Waals surface area contributed by atoms with Gasteiger partial charge in [0.05, 0.1) is 0 Å². The minimum atomic E-state index is 0.362. The van der Waals surface area contributed by atoms with Crippen molar-refractivity contribution in [2.75, 3.05) is 18.5 Å². The van der Waals surface area contributed by atoms with E-state index in [1.54, 1.807) is 0 Å². The molecule has 1 rings (SSSR count). The second kappa shape index (κ2) is 4.23. The number of hydrogen-bond acceptors (Lipinski definition) is 3. The van der Waals surface area contributed by atoms with Crippen LogP contribution in [0.25, 0.3) is 0 Å². The first-order chi connectivity index (χ1) is 6.16. The van der Waals surface area contributed by atoms with Gasteiger partial charge in [0.2, 0.25) is 0 Å². The first-order valence-electron chi connectivity index (χ1n) is 4.50. The Morgan fingerprint density at radius 2 is 2.31 bits per heavy atom. The third-order valence-corrected chi connectivity index (χ3v) is 2.37. The number of hydrogen-bond donors (Lipinski definition) is 1. The second-order valence-corrected chi connectivity index (χ2v) is 3.36. The van der Waals surface area contributed by atoms with Crippen LogP contribution in [0.1, 0.15) is 12.5 Å². The van der Waals surface area contributed by atoms with Crippen molar-refractivity contribution in [2.45, 2.75) is 19.9 Å². The molecule has 1 heterocycles. The minimum Gasteiger partial charge on any atom is -0.370 e. The summed E-state index contributed by atoms with van der Waals surface area (Å²) in [6.45, 7) is 4.83. The molecule has 72 valence electrons. The molecule has 0 bridgehead atoms. The first kappa shape index (κ1) is 9.99. The summed E-state index contributed by atoms with van der Waals surface area (Å²) >= 11 is 0. The predicted octanol–water partition coefficient (Wildman–Crippen LogP) is 1.17. The van der Waals surface area contributed by atoms with E-state index in [0.717, 1.165) is 0 Å². The van der Waals surface area contributed by atoms with Crippen molar-refractivity contribution in [1.82, 2.24) is 4.98 Å². The Kier molecular flexibility index (Phi) is 3.25. The van der Waals surface area contributed by atoms with Gasteiger partial charge in [-0.15, -0.1) is 0 Å². The molecule has 0 aliphatic rings. The molecule has 0 fully saturated rings. The van der Waals surface area contributed by atoms with Crippen LogP contribution < -0.4 is 10.6 Å². The lowest BCUT2D eigenvalue weighted by Gasteiger charge is -2.27. The number of aromatic nitrogens is 1. The van der Waals surface area contributed by atoms with Crippen LogP contribution in [0.3, 0.4) is 0 Å². The van der Waals surface area contributed by atoms with Crippen molar-refractivity contribution in [3.05, 3.63) is 24.0 Å². The number of anilines is 1. The third-order valence-electron chi connectivity index (χ3n) is 2.37. The van der Waals surface area contributed by atoms with E-state index < -0.39 is 0 Å². The standard InChI is InChI=1S/C10H17N3/c1-8-7-12-5-4-10(8)13(3)9(2)6-11/h4-5,7,9H,6,11H2,1-3H3. The SMILES string of the molecule is Cc1cnccc1N(C)C(C)CN. The fraction of sp³-hybridized carbons (Fsp3) is 0.500. The molecule has 0 aliphatic carbocycles. The monoisotopic (exact) mass is 179 g/mol. The maximum atomic E-state index is 5.60. The van der Waals surface area contributed by atoms with Gasteiger partial charge in [-0.2, -0.15) is 0 Å². The third kappa shape index (κ3) is 2.18. The van der Waals surface area contributed by atoms with Crippen LogP contribution in [0.4, 0.5) is 5.69 Å². The summed E-state index contributed by atoms with van der Waals surface area (Å²) < 4.78 is 0. The average molecular weight is 179 g/mol. The molecule has 13 heavy (non-hydrogen) atoms. The van der Waals surface area contributed by atoms with Crippen LogP contribution in [0, 0.1) is 6.92 Å². The molecule has 2 N–H and O–H groups in total. The lowest BCUT2D eigenvalue weighted by molar-refractivity contribution is 0.693. The van der Waals surface area contributed by atoms with Crippen LogP contribution in [-0.2, 0) is 0 Å². The molecular weight excluding hydrogens is 162 g/mol. The predicted molar refractivity (Wildman–Crippen MR) is 55.9 cm³/mol. The molecule has 0 radical (unpaired) electrons. The first-order valence-corrected chi connectivity index (χ1v) is 4.50. The van der Waals surface area contributed by atoms with E-state index in [0.29, 0.717) is 12.6 Å². The molecule has 0 aromatic carbocycles. The van der Waals surface area contributed by atoms with Gasteiger partial charge in [-0.25, -0.2) is 0 Å². The molecule has 0 amide bonds. The molecular formula is C10H17N3. The lowest BCUT2D eigenvalue weighted by Crippen LogP contribution is -2.35. The zero-order valence-corrected chi connectivity index (χ0v) is 8.49. The van der Waals surface area contributed by atoms with E-state index in [9.17, 15) is 0 Å². The van der Waals surface area contributed by atoms with E-state index in [1.807, 2.05) is 18.5 Å². The van der Waals surface area contributed by atoms with Crippen molar-refractivity contribution in [2.24, 2.45) is 5.73 Å². The maximum absolute atomic E-state index is 5.60. The van der Waals surface area contributed by atoms with E-state index in [1.165, 1.54) is 11.3 Å². The molecule has 0 aliphatic heterocycles. The molecule has 0 spiro atoms. The van der Waals surface area contributed by atoms with Crippen molar-refractivity contribution < 1.29 is 0 Å². The molecule has 1 aromatic heterocycles. The summed E-state index contributed by atoms with van der Waals surface area (Å²) in [6, 6.07) is 2.38. The summed E-state index contributed by atoms with van der Waals surface area (Å²) in [5, 5.41) is 0. The highest BCUT2D eigenvalue weighted by molar-refractivity contribution is 5.51. The van der Waals surface area contributed by atoms with Gasteiger partial charge in [0.1, 0.15) is 0 Å². The second-order valence-electron chi connectivity index (χ2n) is 3.36. The van der Waals surface area contributed by atoms with E-state index in [4.69, 9.17) is 5.73 Å². The highest BCUT2D eigenvalue weighted by Crippen LogP contribution is 2.18. The normalized spacial score (nSPS) is 12.6. The van der Waals surface area contributed by atoms with Crippen LogP contribution >= 0.6 is 0 Å². The Labute approximate surface area is 79.6 Å². The molecule has 1 unspecified atom stereocenters. The van der Waals surface area contributed by atoms with Gasteiger partial charge >= 0.3 is 0 Å². The Hall–Kier alpha value is -1.09. The van der Waals surface area contributed by atoms with Crippen LogP contribution in [-0.4, -0.2) is 24.6 Å². The van der Waals surface area contributed by atoms with Gasteiger partial charge in [-0.1, -0.05) is 0 Å². The lowest BCUT2D eigenvalue weighted by atomic mass is 10.2. The molecule has 3 nitrogen and oxygen atoms in total. The number of rotatable bonds is 3. The fourth-order valence-electron chi connectivity index (χ4n) is 1.26. The number of pyridine rings is 1. The average Bonchev–Trinajstić information content (AvgIpc) is 2.16. The zero-order valence-electron chi connectivity index (χ0n) is 8.49. The Bertz CT molecular complexity index is 273. The Morgan fingerprint density at radius 3 is 2.85 bits per heavy atom. The van der Waals surface area contributed by atoms with Crippen LogP contribution in [0.2, 0.25) is 0 Å². The quantitative estimate of drug-likeness (QED) is 0.757. The van der Waals surface area contributed by atoms with E-state index in [-0.39, 0.29) is 0 Å². The number of nitrogens with zero attached hydrogens (tertiary/aromatic N) is 2. The largest absolute Gasteiger partial charge is 0.370 e. The molecule has 1 aromatic rings. The number of aryl methyl sites for hydroxylation is 1. The minimum absolute atomic E-state index is 0.362. The van der Waals surface area contributed by atoms with Crippen LogP contribution in [0.5, 0.6) is 0 Å². The highest BCUT2D eigenvalue weighted by Gasteiger charge is 2.09. The van der Waals surface area contributed by atoms with Gasteiger partial charge in [0, 0.05) is 37.7 Å². The van der Waals surface area contributed by atoms with Gasteiger partial charge in [0.15, 0.2) is 0 Å². The zero-order chi connectivity index (χ0) is 9.84. The highest BCUT2D eigenvalue weighted by atomic mass is 15.1. The number of nitrogens with two attached hydrogens (primary N) is 1. The van der Waals surface area contributed by atoms with Gasteiger partial charge < -0.3 is 10.6 Å². The Balaban J connectivity index is 2.88. The molecule has 1 atom stereocenters. The number of likely N-dealkylation sites (N-methyl/N-ethyl adjacent to an activating group) is 1.